The second-order valence-electron chi connectivity index (χ2n) is 4.39. The van der Waals surface area contributed by atoms with Gasteiger partial charge in [0, 0.05) is 11.8 Å². The summed E-state index contributed by atoms with van der Waals surface area (Å²) in [4.78, 5) is 19.0. The molecule has 0 radical (unpaired) electrons. The van der Waals surface area contributed by atoms with Crippen LogP contribution in [-0.4, -0.2) is 9.97 Å². The molecule has 1 heterocycles. The fourth-order valence-corrected chi connectivity index (χ4v) is 1.92. The molecule has 3 rings (SSSR count). The van der Waals surface area contributed by atoms with Crippen molar-refractivity contribution < 1.29 is 4.74 Å². The first-order valence-electron chi connectivity index (χ1n) is 6.19. The molecule has 3 N–H and O–H groups in total. The Morgan fingerprint density at radius 1 is 1.15 bits per heavy atom. The summed E-state index contributed by atoms with van der Waals surface area (Å²) < 4.78 is 5.54. The normalized spacial score (nSPS) is 10.6. The van der Waals surface area contributed by atoms with Crippen LogP contribution >= 0.6 is 0 Å². The Kier molecular flexibility index (Phi) is 3.09. The molecule has 0 bridgehead atoms. The van der Waals surface area contributed by atoms with Crippen molar-refractivity contribution in [2.75, 3.05) is 5.73 Å². The van der Waals surface area contributed by atoms with Gasteiger partial charge in [0.25, 0.3) is 5.56 Å². The second kappa shape index (κ2) is 5.05. The van der Waals surface area contributed by atoms with Crippen LogP contribution < -0.4 is 16.0 Å². The fraction of sp³-hybridized carbons (Fsp3) is 0.0667. The summed E-state index contributed by atoms with van der Waals surface area (Å²) in [5.41, 5.74) is 7.83. The predicted molar refractivity (Wildman–Crippen MR) is 77.6 cm³/mol. The summed E-state index contributed by atoms with van der Waals surface area (Å²) in [7, 11) is 0. The maximum Gasteiger partial charge on any atom is 0.273 e. The van der Waals surface area contributed by atoms with E-state index in [-0.39, 0.29) is 12.2 Å². The standard InChI is InChI=1S/C15H13N3O2/c16-10-4-3-5-11(8-10)20-9-14-15(19)18-13-7-2-1-6-12(13)17-14/h1-8H,9,16H2,(H,18,19). The lowest BCUT2D eigenvalue weighted by Gasteiger charge is -2.06. The van der Waals surface area contributed by atoms with Crippen molar-refractivity contribution in [3.63, 3.8) is 0 Å². The first kappa shape index (κ1) is 12.2. The molecule has 0 saturated carbocycles. The van der Waals surface area contributed by atoms with E-state index in [1.165, 1.54) is 0 Å². The van der Waals surface area contributed by atoms with Gasteiger partial charge in [-0.25, -0.2) is 4.98 Å². The Morgan fingerprint density at radius 2 is 2.00 bits per heavy atom. The average molecular weight is 267 g/mol. The molecule has 0 amide bonds. The third-order valence-electron chi connectivity index (χ3n) is 2.90. The van der Waals surface area contributed by atoms with Crippen molar-refractivity contribution in [1.82, 2.24) is 9.97 Å². The van der Waals surface area contributed by atoms with Crippen LogP contribution in [0.1, 0.15) is 5.69 Å². The molecule has 0 unspecified atom stereocenters. The second-order valence-corrected chi connectivity index (χ2v) is 4.39. The van der Waals surface area contributed by atoms with Crippen LogP contribution in [0.25, 0.3) is 11.0 Å². The maximum atomic E-state index is 11.9. The SMILES string of the molecule is Nc1cccc(OCc2nc3ccccc3[nH]c2=O)c1. The molecule has 3 aromatic rings. The van der Waals surface area contributed by atoms with Gasteiger partial charge >= 0.3 is 0 Å². The number of para-hydroxylation sites is 2. The summed E-state index contributed by atoms with van der Waals surface area (Å²) in [5, 5.41) is 0. The van der Waals surface area contributed by atoms with E-state index in [4.69, 9.17) is 10.5 Å². The van der Waals surface area contributed by atoms with Gasteiger partial charge in [0.15, 0.2) is 0 Å². The molecule has 100 valence electrons. The van der Waals surface area contributed by atoms with Gasteiger partial charge in [-0.15, -0.1) is 0 Å². The lowest BCUT2D eigenvalue weighted by molar-refractivity contribution is 0.300. The highest BCUT2D eigenvalue weighted by molar-refractivity contribution is 5.73. The molecule has 0 saturated heterocycles. The van der Waals surface area contributed by atoms with E-state index in [0.29, 0.717) is 22.6 Å². The number of rotatable bonds is 3. The Bertz CT molecular complexity index is 811. The quantitative estimate of drug-likeness (QED) is 0.712. The van der Waals surface area contributed by atoms with Gasteiger partial charge in [0.2, 0.25) is 0 Å². The third kappa shape index (κ3) is 2.47. The van der Waals surface area contributed by atoms with Gasteiger partial charge in [-0.1, -0.05) is 18.2 Å². The van der Waals surface area contributed by atoms with Crippen molar-refractivity contribution in [3.05, 3.63) is 64.6 Å². The molecule has 5 nitrogen and oxygen atoms in total. The average Bonchev–Trinajstić information content (AvgIpc) is 2.45. The number of fused-ring (bicyclic) bond motifs is 1. The van der Waals surface area contributed by atoms with Crippen LogP contribution in [0, 0.1) is 0 Å². The number of hydrogen-bond acceptors (Lipinski definition) is 4. The van der Waals surface area contributed by atoms with Crippen molar-refractivity contribution >= 4 is 16.7 Å². The number of aromatic nitrogens is 2. The third-order valence-corrected chi connectivity index (χ3v) is 2.90. The number of hydrogen-bond donors (Lipinski definition) is 2. The van der Waals surface area contributed by atoms with E-state index in [2.05, 4.69) is 9.97 Å². The smallest absolute Gasteiger partial charge is 0.273 e. The highest BCUT2D eigenvalue weighted by Gasteiger charge is 2.05. The van der Waals surface area contributed by atoms with E-state index in [0.717, 1.165) is 5.52 Å². The molecule has 0 aliphatic heterocycles. The minimum absolute atomic E-state index is 0.101. The number of anilines is 1. The van der Waals surface area contributed by atoms with Gasteiger partial charge < -0.3 is 15.5 Å². The number of nitrogens with one attached hydrogen (secondary N) is 1. The van der Waals surface area contributed by atoms with Crippen LogP contribution in [0.15, 0.2) is 53.3 Å². The maximum absolute atomic E-state index is 11.9. The summed E-state index contributed by atoms with van der Waals surface area (Å²) in [5.74, 6) is 0.611. The monoisotopic (exact) mass is 267 g/mol. The summed E-state index contributed by atoms with van der Waals surface area (Å²) in [6.07, 6.45) is 0. The number of nitrogens with zero attached hydrogens (tertiary/aromatic N) is 1. The van der Waals surface area contributed by atoms with Gasteiger partial charge in [-0.3, -0.25) is 4.79 Å². The molecular formula is C15H13N3O2. The van der Waals surface area contributed by atoms with Gasteiger partial charge in [0.1, 0.15) is 18.1 Å². The van der Waals surface area contributed by atoms with Crippen LogP contribution in [0.5, 0.6) is 5.75 Å². The molecule has 0 fully saturated rings. The minimum atomic E-state index is -0.243. The highest BCUT2D eigenvalue weighted by Crippen LogP contribution is 2.15. The zero-order valence-corrected chi connectivity index (χ0v) is 10.7. The first-order valence-corrected chi connectivity index (χ1v) is 6.19. The van der Waals surface area contributed by atoms with Crippen LogP contribution in [0.2, 0.25) is 0 Å². The number of H-pyrrole nitrogens is 1. The Morgan fingerprint density at radius 3 is 2.85 bits per heavy atom. The van der Waals surface area contributed by atoms with Crippen molar-refractivity contribution in [3.8, 4) is 5.75 Å². The first-order chi connectivity index (χ1) is 9.72. The number of nitrogens with two attached hydrogens (primary N) is 1. The summed E-state index contributed by atoms with van der Waals surface area (Å²) in [6.45, 7) is 0.101. The molecule has 0 aliphatic carbocycles. The largest absolute Gasteiger partial charge is 0.487 e. The minimum Gasteiger partial charge on any atom is -0.487 e. The summed E-state index contributed by atoms with van der Waals surface area (Å²) in [6, 6.07) is 14.4. The topological polar surface area (TPSA) is 81.0 Å². The predicted octanol–water partition coefficient (Wildman–Crippen LogP) is 2.08. The molecule has 0 aliphatic rings. The molecule has 0 atom stereocenters. The molecule has 5 heteroatoms. The zero-order chi connectivity index (χ0) is 13.9. The lowest BCUT2D eigenvalue weighted by Crippen LogP contribution is -2.17. The van der Waals surface area contributed by atoms with Crippen molar-refractivity contribution in [2.24, 2.45) is 0 Å². The Hall–Kier alpha value is -2.82. The van der Waals surface area contributed by atoms with Crippen molar-refractivity contribution in [1.29, 1.82) is 0 Å². The Labute approximate surface area is 115 Å². The van der Waals surface area contributed by atoms with E-state index in [1.807, 2.05) is 24.3 Å². The molecule has 0 spiro atoms. The van der Waals surface area contributed by atoms with E-state index < -0.39 is 0 Å². The number of nitrogen functional groups attached to an aromatic ring is 1. The van der Waals surface area contributed by atoms with Crippen LogP contribution in [-0.2, 0) is 6.61 Å². The number of benzene rings is 2. The van der Waals surface area contributed by atoms with E-state index in [9.17, 15) is 4.79 Å². The molecule has 1 aromatic heterocycles. The van der Waals surface area contributed by atoms with Crippen LogP contribution in [0.4, 0.5) is 5.69 Å². The van der Waals surface area contributed by atoms with Gasteiger partial charge in [0.05, 0.1) is 11.0 Å². The fourth-order valence-electron chi connectivity index (χ4n) is 1.92. The Balaban J connectivity index is 1.87. The lowest BCUT2D eigenvalue weighted by atomic mass is 10.3. The van der Waals surface area contributed by atoms with E-state index in [1.54, 1.807) is 24.3 Å². The molecule has 20 heavy (non-hydrogen) atoms. The van der Waals surface area contributed by atoms with Gasteiger partial charge in [-0.05, 0) is 24.3 Å². The molecule has 2 aromatic carbocycles. The van der Waals surface area contributed by atoms with Gasteiger partial charge in [-0.2, -0.15) is 0 Å². The number of ether oxygens (including phenoxy) is 1. The number of aromatic amines is 1. The summed E-state index contributed by atoms with van der Waals surface area (Å²) >= 11 is 0. The molecular weight excluding hydrogens is 254 g/mol. The highest BCUT2D eigenvalue weighted by atomic mass is 16.5. The zero-order valence-electron chi connectivity index (χ0n) is 10.7. The van der Waals surface area contributed by atoms with Crippen LogP contribution in [0.3, 0.4) is 0 Å². The van der Waals surface area contributed by atoms with Crippen molar-refractivity contribution in [2.45, 2.75) is 6.61 Å². The van der Waals surface area contributed by atoms with E-state index >= 15 is 0 Å².